The SMILES string of the molecule is CC1CCN(C(C)CNC(N)=NCc2ccc(OC(F)(F)F)cc2)CC1. The van der Waals surface area contributed by atoms with Crippen molar-refractivity contribution in [2.45, 2.75) is 45.6 Å². The van der Waals surface area contributed by atoms with Crippen LogP contribution in [0.3, 0.4) is 0 Å². The number of piperidine rings is 1. The van der Waals surface area contributed by atoms with Gasteiger partial charge in [0.05, 0.1) is 6.54 Å². The predicted molar refractivity (Wildman–Crippen MR) is 95.9 cm³/mol. The number of nitrogens with two attached hydrogens (primary N) is 1. The molecule has 1 saturated heterocycles. The van der Waals surface area contributed by atoms with Gasteiger partial charge in [0.1, 0.15) is 5.75 Å². The summed E-state index contributed by atoms with van der Waals surface area (Å²) in [6.45, 7) is 7.66. The van der Waals surface area contributed by atoms with Crippen molar-refractivity contribution >= 4 is 5.96 Å². The lowest BCUT2D eigenvalue weighted by Gasteiger charge is -2.35. The average Bonchev–Trinajstić information content (AvgIpc) is 2.58. The van der Waals surface area contributed by atoms with Crippen molar-refractivity contribution in [1.29, 1.82) is 0 Å². The number of benzene rings is 1. The van der Waals surface area contributed by atoms with E-state index in [1.165, 1.54) is 37.1 Å². The summed E-state index contributed by atoms with van der Waals surface area (Å²) in [7, 11) is 0. The van der Waals surface area contributed by atoms with E-state index in [4.69, 9.17) is 5.73 Å². The first-order chi connectivity index (χ1) is 12.2. The summed E-state index contributed by atoms with van der Waals surface area (Å²) in [4.78, 5) is 6.67. The Kier molecular flexibility index (Phi) is 7.14. The highest BCUT2D eigenvalue weighted by molar-refractivity contribution is 5.77. The molecule has 0 saturated carbocycles. The standard InChI is InChI=1S/C18H27F3N4O/c1-13-7-9-25(10-8-13)14(2)11-23-17(22)24-12-15-3-5-16(6-4-15)26-18(19,20)21/h3-6,13-14H,7-12H2,1-2H3,(H3,22,23,24). The van der Waals surface area contributed by atoms with Gasteiger partial charge < -0.3 is 15.8 Å². The summed E-state index contributed by atoms with van der Waals surface area (Å²) < 4.78 is 40.2. The molecule has 26 heavy (non-hydrogen) atoms. The van der Waals surface area contributed by atoms with Gasteiger partial charge >= 0.3 is 6.36 Å². The monoisotopic (exact) mass is 372 g/mol. The summed E-state index contributed by atoms with van der Waals surface area (Å²) >= 11 is 0. The Morgan fingerprint density at radius 1 is 1.31 bits per heavy atom. The van der Waals surface area contributed by atoms with E-state index in [0.717, 1.165) is 24.6 Å². The third-order valence-corrected chi connectivity index (χ3v) is 4.61. The van der Waals surface area contributed by atoms with Crippen molar-refractivity contribution in [3.05, 3.63) is 29.8 Å². The zero-order valence-corrected chi connectivity index (χ0v) is 15.2. The number of ether oxygens (including phenoxy) is 1. The summed E-state index contributed by atoms with van der Waals surface area (Å²) in [6, 6.07) is 5.98. The van der Waals surface area contributed by atoms with E-state index in [1.807, 2.05) is 0 Å². The summed E-state index contributed by atoms with van der Waals surface area (Å²) in [5.74, 6) is 0.879. The molecule has 1 atom stereocenters. The van der Waals surface area contributed by atoms with Crippen molar-refractivity contribution in [3.63, 3.8) is 0 Å². The van der Waals surface area contributed by atoms with Crippen LogP contribution in [0.4, 0.5) is 13.2 Å². The number of hydrogen-bond acceptors (Lipinski definition) is 3. The van der Waals surface area contributed by atoms with Gasteiger partial charge in [-0.05, 0) is 56.5 Å². The molecule has 0 amide bonds. The second kappa shape index (κ2) is 9.12. The molecule has 1 unspecified atom stereocenters. The van der Waals surface area contributed by atoms with Gasteiger partial charge in [-0.1, -0.05) is 19.1 Å². The summed E-state index contributed by atoms with van der Waals surface area (Å²) in [5, 5.41) is 3.12. The number of nitrogens with zero attached hydrogens (tertiary/aromatic N) is 2. The minimum absolute atomic E-state index is 0.249. The van der Waals surface area contributed by atoms with Gasteiger partial charge in [-0.3, -0.25) is 4.90 Å². The van der Waals surface area contributed by atoms with Crippen molar-refractivity contribution in [1.82, 2.24) is 10.2 Å². The minimum Gasteiger partial charge on any atom is -0.406 e. The number of nitrogens with one attached hydrogen (secondary N) is 1. The largest absolute Gasteiger partial charge is 0.573 e. The van der Waals surface area contributed by atoms with Crippen LogP contribution in [0, 0.1) is 5.92 Å². The zero-order chi connectivity index (χ0) is 19.2. The van der Waals surface area contributed by atoms with Gasteiger partial charge in [0.2, 0.25) is 0 Å². The molecule has 1 fully saturated rings. The van der Waals surface area contributed by atoms with E-state index in [0.29, 0.717) is 25.1 Å². The summed E-state index contributed by atoms with van der Waals surface area (Å²) in [6.07, 6.45) is -2.24. The van der Waals surface area contributed by atoms with E-state index in [-0.39, 0.29) is 5.75 Å². The average molecular weight is 372 g/mol. The van der Waals surface area contributed by atoms with E-state index >= 15 is 0 Å². The first-order valence-corrected chi connectivity index (χ1v) is 8.85. The molecular formula is C18H27F3N4O. The molecule has 5 nitrogen and oxygen atoms in total. The Hall–Kier alpha value is -1.96. The van der Waals surface area contributed by atoms with Gasteiger partial charge in [0.25, 0.3) is 0 Å². The van der Waals surface area contributed by atoms with E-state index in [9.17, 15) is 13.2 Å². The van der Waals surface area contributed by atoms with Gasteiger partial charge in [-0.2, -0.15) is 0 Å². The molecule has 8 heteroatoms. The number of hydrogen-bond donors (Lipinski definition) is 2. The first kappa shape index (κ1) is 20.4. The van der Waals surface area contributed by atoms with E-state index in [2.05, 4.69) is 33.8 Å². The molecule has 0 spiro atoms. The Morgan fingerprint density at radius 3 is 2.50 bits per heavy atom. The van der Waals surface area contributed by atoms with Crippen LogP contribution in [0.5, 0.6) is 5.75 Å². The number of guanidine groups is 1. The van der Waals surface area contributed by atoms with Crippen LogP contribution in [0.15, 0.2) is 29.3 Å². The molecule has 0 bridgehead atoms. The lowest BCUT2D eigenvalue weighted by atomic mass is 9.98. The van der Waals surface area contributed by atoms with Crippen molar-refractivity contribution in [3.8, 4) is 5.75 Å². The fourth-order valence-electron chi connectivity index (χ4n) is 2.88. The highest BCUT2D eigenvalue weighted by Crippen LogP contribution is 2.23. The molecule has 0 aromatic heterocycles. The minimum atomic E-state index is -4.68. The smallest absolute Gasteiger partial charge is 0.406 e. The Bertz CT molecular complexity index is 581. The highest BCUT2D eigenvalue weighted by Gasteiger charge is 2.30. The zero-order valence-electron chi connectivity index (χ0n) is 15.2. The van der Waals surface area contributed by atoms with Crippen LogP contribution in [-0.2, 0) is 6.54 Å². The number of likely N-dealkylation sites (tertiary alicyclic amines) is 1. The quantitative estimate of drug-likeness (QED) is 0.595. The molecule has 0 radical (unpaired) electrons. The Morgan fingerprint density at radius 2 is 1.92 bits per heavy atom. The summed E-state index contributed by atoms with van der Waals surface area (Å²) in [5.41, 5.74) is 6.63. The molecule has 2 rings (SSSR count). The second-order valence-corrected chi connectivity index (χ2v) is 6.84. The lowest BCUT2D eigenvalue weighted by Crippen LogP contribution is -2.47. The van der Waals surface area contributed by atoms with Gasteiger partial charge in [0, 0.05) is 12.6 Å². The molecule has 3 N–H and O–H groups in total. The maximum atomic E-state index is 12.1. The lowest BCUT2D eigenvalue weighted by molar-refractivity contribution is -0.274. The van der Waals surface area contributed by atoms with Crippen LogP contribution in [-0.4, -0.2) is 42.9 Å². The fourth-order valence-corrected chi connectivity index (χ4v) is 2.88. The maximum Gasteiger partial charge on any atom is 0.573 e. The predicted octanol–water partition coefficient (Wildman–Crippen LogP) is 3.11. The van der Waals surface area contributed by atoms with Gasteiger partial charge in [0.15, 0.2) is 5.96 Å². The number of aliphatic imine (C=N–C) groups is 1. The normalized spacial score (nSPS) is 18.6. The van der Waals surface area contributed by atoms with Crippen LogP contribution in [0.25, 0.3) is 0 Å². The van der Waals surface area contributed by atoms with E-state index in [1.54, 1.807) is 0 Å². The van der Waals surface area contributed by atoms with Crippen molar-refractivity contribution < 1.29 is 17.9 Å². The van der Waals surface area contributed by atoms with E-state index < -0.39 is 6.36 Å². The van der Waals surface area contributed by atoms with Crippen LogP contribution < -0.4 is 15.8 Å². The molecule has 0 aliphatic carbocycles. The number of alkyl halides is 3. The fraction of sp³-hybridized carbons (Fsp3) is 0.611. The third kappa shape index (κ3) is 7.11. The Labute approximate surface area is 152 Å². The second-order valence-electron chi connectivity index (χ2n) is 6.84. The topological polar surface area (TPSA) is 62.9 Å². The highest BCUT2D eigenvalue weighted by atomic mass is 19.4. The van der Waals surface area contributed by atoms with Crippen LogP contribution >= 0.6 is 0 Å². The molecule has 1 aliphatic heterocycles. The number of halogens is 3. The molecule has 1 aromatic carbocycles. The van der Waals surface area contributed by atoms with Crippen LogP contribution in [0.2, 0.25) is 0 Å². The van der Waals surface area contributed by atoms with Gasteiger partial charge in [-0.15, -0.1) is 13.2 Å². The molecule has 1 aliphatic rings. The van der Waals surface area contributed by atoms with Crippen LogP contribution in [0.1, 0.15) is 32.3 Å². The molecule has 1 heterocycles. The third-order valence-electron chi connectivity index (χ3n) is 4.61. The first-order valence-electron chi connectivity index (χ1n) is 8.85. The molecule has 1 aromatic rings. The molecule has 146 valence electrons. The van der Waals surface area contributed by atoms with Crippen molar-refractivity contribution in [2.75, 3.05) is 19.6 Å². The maximum absolute atomic E-state index is 12.1. The Balaban J connectivity index is 1.75. The van der Waals surface area contributed by atoms with Crippen molar-refractivity contribution in [2.24, 2.45) is 16.6 Å². The number of rotatable bonds is 6. The van der Waals surface area contributed by atoms with Gasteiger partial charge in [-0.25, -0.2) is 4.99 Å². The molecular weight excluding hydrogens is 345 g/mol.